The Bertz CT molecular complexity index is 1630. The third kappa shape index (κ3) is 6.87. The number of hydrogen-bond donors (Lipinski definition) is 2. The molecule has 1 amide bonds. The number of ether oxygens (including phenoxy) is 2. The van der Waals surface area contributed by atoms with E-state index in [-0.39, 0.29) is 38.9 Å². The number of carboxylic acid groups (broad SMARTS) is 1. The standard InChI is InChI=1S/C47H71N3O5/c1-32(31-55-30-27-50-25-28-54-29-26-50)35-15-20-47(42(53)48-23-24-49(7)8)22-21-45(5)37(40(35)47)13-14-39-44(4)18-16-36(33-9-11-34(12-10-33)41(51)52)43(2,3)38(44)17-19-46(39,45)6/h9-12,16,35,37-40H,1,13-15,17-31H2,2-8H3,(H,48,53)(H,51,52)/t35-,37+,38-,39+,40+,44-,45+,46+,47-/m0/s1. The van der Waals surface area contributed by atoms with Crippen molar-refractivity contribution in [3.8, 4) is 0 Å². The first-order valence-electron chi connectivity index (χ1n) is 21.6. The van der Waals surface area contributed by atoms with Crippen LogP contribution >= 0.6 is 0 Å². The molecule has 5 fully saturated rings. The molecule has 1 aromatic rings. The quantitative estimate of drug-likeness (QED) is 0.165. The van der Waals surface area contributed by atoms with E-state index in [1.807, 2.05) is 12.1 Å². The van der Waals surface area contributed by atoms with Gasteiger partial charge in [-0.05, 0) is 152 Å². The van der Waals surface area contributed by atoms with Crippen LogP contribution in [0.3, 0.4) is 0 Å². The second-order valence-corrected chi connectivity index (χ2v) is 20.1. The summed E-state index contributed by atoms with van der Waals surface area (Å²) in [5.74, 6) is 1.60. The topological polar surface area (TPSA) is 91.3 Å². The Morgan fingerprint density at radius 3 is 2.36 bits per heavy atom. The molecule has 7 rings (SSSR count). The summed E-state index contributed by atoms with van der Waals surface area (Å²) >= 11 is 0. The van der Waals surface area contributed by atoms with E-state index in [1.165, 1.54) is 36.8 Å². The predicted octanol–water partition coefficient (Wildman–Crippen LogP) is 8.04. The van der Waals surface area contributed by atoms with Crippen LogP contribution in [0.4, 0.5) is 0 Å². The molecule has 1 heterocycles. The van der Waals surface area contributed by atoms with E-state index in [9.17, 15) is 14.7 Å². The van der Waals surface area contributed by atoms with Crippen molar-refractivity contribution in [2.24, 2.45) is 56.7 Å². The fourth-order valence-corrected chi connectivity index (χ4v) is 14.2. The molecule has 0 unspecified atom stereocenters. The lowest BCUT2D eigenvalue weighted by Crippen LogP contribution is -2.66. The number of carbonyl (C=O) groups excluding carboxylic acids is 1. The third-order valence-corrected chi connectivity index (χ3v) is 17.2. The number of nitrogens with one attached hydrogen (secondary N) is 1. The largest absolute Gasteiger partial charge is 0.478 e. The number of carbonyl (C=O) groups is 2. The molecule has 6 aliphatic rings. The van der Waals surface area contributed by atoms with Crippen molar-refractivity contribution in [2.45, 2.75) is 92.4 Å². The number of aromatic carboxylic acids is 1. The highest BCUT2D eigenvalue weighted by molar-refractivity contribution is 5.88. The fourth-order valence-electron chi connectivity index (χ4n) is 14.2. The molecule has 1 saturated heterocycles. The number of carboxylic acids is 1. The minimum absolute atomic E-state index is 0.0285. The number of rotatable bonds is 12. The second-order valence-electron chi connectivity index (χ2n) is 20.1. The molecule has 1 aromatic carbocycles. The fraction of sp³-hybridized carbons (Fsp3) is 0.745. The van der Waals surface area contributed by atoms with E-state index < -0.39 is 5.97 Å². The molecule has 4 saturated carbocycles. The van der Waals surface area contributed by atoms with Crippen LogP contribution in [-0.2, 0) is 14.3 Å². The normalized spacial score (nSPS) is 38.3. The van der Waals surface area contributed by atoms with Gasteiger partial charge in [-0.25, -0.2) is 4.79 Å². The van der Waals surface area contributed by atoms with Crippen LogP contribution in [-0.4, -0.2) is 100 Å². The van der Waals surface area contributed by atoms with Gasteiger partial charge in [-0.1, -0.05) is 59.4 Å². The van der Waals surface area contributed by atoms with Crippen LogP contribution in [0.1, 0.15) is 108 Å². The van der Waals surface area contributed by atoms with Gasteiger partial charge in [0.25, 0.3) is 0 Å². The summed E-state index contributed by atoms with van der Waals surface area (Å²) in [6, 6.07) is 7.56. The predicted molar refractivity (Wildman–Crippen MR) is 220 cm³/mol. The number of amides is 1. The van der Waals surface area contributed by atoms with E-state index >= 15 is 0 Å². The number of hydrogen-bond acceptors (Lipinski definition) is 6. The monoisotopic (exact) mass is 758 g/mol. The van der Waals surface area contributed by atoms with Crippen LogP contribution in [0, 0.1) is 56.7 Å². The van der Waals surface area contributed by atoms with Gasteiger partial charge in [-0.15, -0.1) is 0 Å². The average molecular weight is 758 g/mol. The van der Waals surface area contributed by atoms with E-state index in [2.05, 4.69) is 69.9 Å². The molecular weight excluding hydrogens is 687 g/mol. The number of allylic oxidation sites excluding steroid dienone is 2. The number of benzene rings is 1. The van der Waals surface area contributed by atoms with Crippen molar-refractivity contribution in [1.82, 2.24) is 15.1 Å². The van der Waals surface area contributed by atoms with Gasteiger partial charge in [0, 0.05) is 32.7 Å². The summed E-state index contributed by atoms with van der Waals surface area (Å²) in [7, 11) is 4.15. The highest BCUT2D eigenvalue weighted by Crippen LogP contribution is 2.77. The zero-order chi connectivity index (χ0) is 39.4. The summed E-state index contributed by atoms with van der Waals surface area (Å²) in [6.45, 7) is 24.9. The van der Waals surface area contributed by atoms with Crippen molar-refractivity contribution in [3.05, 3.63) is 53.6 Å². The summed E-state index contributed by atoms with van der Waals surface area (Å²) in [5.41, 5.74) is 4.16. The average Bonchev–Trinajstić information content (AvgIpc) is 3.55. The number of morpholine rings is 1. The SMILES string of the molecule is C=C(COCCN1CCOCC1)[C@@H]1CC[C@]2(C(=O)NCCN(C)C)CC[C@]3(C)[C@H](CC[C@@H]4[C@@]5(C)CC=C(c6ccc(C(=O)O)cc6)C(C)(C)[C@@H]5CC[C@]43C)[C@@H]12. The number of fused-ring (bicyclic) bond motifs is 7. The van der Waals surface area contributed by atoms with Crippen molar-refractivity contribution >= 4 is 17.4 Å². The molecule has 8 heteroatoms. The molecule has 2 N–H and O–H groups in total. The summed E-state index contributed by atoms with van der Waals surface area (Å²) in [4.78, 5) is 30.8. The maximum absolute atomic E-state index is 14.6. The van der Waals surface area contributed by atoms with Gasteiger partial charge >= 0.3 is 5.97 Å². The zero-order valence-corrected chi connectivity index (χ0v) is 35.2. The van der Waals surface area contributed by atoms with Gasteiger partial charge in [0.2, 0.25) is 5.91 Å². The van der Waals surface area contributed by atoms with Gasteiger partial charge in [0.05, 0.1) is 37.4 Å². The first kappa shape index (κ1) is 40.7. The summed E-state index contributed by atoms with van der Waals surface area (Å²) < 4.78 is 11.9. The highest BCUT2D eigenvalue weighted by atomic mass is 16.5. The number of likely N-dealkylation sites (N-methyl/N-ethyl adjacent to an activating group) is 1. The smallest absolute Gasteiger partial charge is 0.335 e. The van der Waals surface area contributed by atoms with Crippen LogP contribution in [0.25, 0.3) is 5.57 Å². The minimum atomic E-state index is -0.877. The van der Waals surface area contributed by atoms with E-state index in [0.717, 1.165) is 77.1 Å². The molecule has 9 atom stereocenters. The van der Waals surface area contributed by atoms with Gasteiger partial charge in [-0.2, -0.15) is 0 Å². The van der Waals surface area contributed by atoms with Gasteiger partial charge < -0.3 is 24.8 Å². The van der Waals surface area contributed by atoms with Crippen molar-refractivity contribution in [3.63, 3.8) is 0 Å². The Morgan fingerprint density at radius 1 is 0.945 bits per heavy atom. The summed E-state index contributed by atoms with van der Waals surface area (Å²) in [5, 5.41) is 13.0. The summed E-state index contributed by atoms with van der Waals surface area (Å²) in [6.07, 6.45) is 12.4. The second kappa shape index (κ2) is 15.3. The Kier molecular flexibility index (Phi) is 11.3. The van der Waals surface area contributed by atoms with Crippen molar-refractivity contribution in [1.29, 1.82) is 0 Å². The van der Waals surface area contributed by atoms with Crippen molar-refractivity contribution in [2.75, 3.05) is 73.2 Å². The molecule has 5 aliphatic carbocycles. The molecule has 0 bridgehead atoms. The number of nitrogens with zero attached hydrogens (tertiary/aromatic N) is 2. The molecule has 304 valence electrons. The Hall–Kier alpha value is -2.52. The molecule has 0 spiro atoms. The van der Waals surface area contributed by atoms with Gasteiger partial charge in [0.1, 0.15) is 0 Å². The van der Waals surface area contributed by atoms with Crippen LogP contribution in [0.5, 0.6) is 0 Å². The highest BCUT2D eigenvalue weighted by Gasteiger charge is 2.71. The first-order chi connectivity index (χ1) is 26.1. The molecule has 0 aromatic heterocycles. The Morgan fingerprint density at radius 2 is 1.67 bits per heavy atom. The van der Waals surface area contributed by atoms with Crippen molar-refractivity contribution < 1.29 is 24.2 Å². The van der Waals surface area contributed by atoms with Gasteiger partial charge in [-0.3, -0.25) is 9.69 Å². The Labute approximate surface area is 331 Å². The lowest BCUT2D eigenvalue weighted by Gasteiger charge is -2.72. The molecule has 0 radical (unpaired) electrons. The van der Waals surface area contributed by atoms with E-state index in [4.69, 9.17) is 16.1 Å². The molecule has 8 nitrogen and oxygen atoms in total. The minimum Gasteiger partial charge on any atom is -0.478 e. The maximum Gasteiger partial charge on any atom is 0.335 e. The Balaban J connectivity index is 1.15. The van der Waals surface area contributed by atoms with Gasteiger partial charge in [0.15, 0.2) is 0 Å². The van der Waals surface area contributed by atoms with Crippen LogP contribution < -0.4 is 5.32 Å². The molecular formula is C47H71N3O5. The lowest BCUT2D eigenvalue weighted by atomic mass is 9.32. The first-order valence-corrected chi connectivity index (χ1v) is 21.6. The van der Waals surface area contributed by atoms with E-state index in [0.29, 0.717) is 49.0 Å². The van der Waals surface area contributed by atoms with E-state index in [1.54, 1.807) is 12.1 Å². The van der Waals surface area contributed by atoms with Crippen LogP contribution in [0.2, 0.25) is 0 Å². The molecule has 1 aliphatic heterocycles. The maximum atomic E-state index is 14.6. The molecule has 55 heavy (non-hydrogen) atoms. The zero-order valence-electron chi connectivity index (χ0n) is 35.2. The third-order valence-electron chi connectivity index (χ3n) is 17.2. The lowest BCUT2D eigenvalue weighted by molar-refractivity contribution is -0.225. The van der Waals surface area contributed by atoms with Crippen LogP contribution in [0.15, 0.2) is 42.5 Å².